The van der Waals surface area contributed by atoms with Crippen molar-refractivity contribution in [2.24, 2.45) is 0 Å². The maximum atomic E-state index is 5.53. The second-order valence-electron chi connectivity index (χ2n) is 4.00. The summed E-state index contributed by atoms with van der Waals surface area (Å²) in [4.78, 5) is 8.42. The molecule has 6 nitrogen and oxygen atoms in total. The quantitative estimate of drug-likeness (QED) is 0.718. The second kappa shape index (κ2) is 4.72. The van der Waals surface area contributed by atoms with Gasteiger partial charge in [-0.1, -0.05) is 6.92 Å². The van der Waals surface area contributed by atoms with Gasteiger partial charge >= 0.3 is 0 Å². The van der Waals surface area contributed by atoms with Gasteiger partial charge in [0.2, 0.25) is 0 Å². The van der Waals surface area contributed by atoms with Crippen LogP contribution in [0.25, 0.3) is 16.8 Å². The summed E-state index contributed by atoms with van der Waals surface area (Å²) in [5, 5.41) is 4.38. The monoisotopic (exact) mass is 258 g/mol. The van der Waals surface area contributed by atoms with Crippen LogP contribution in [0.1, 0.15) is 19.7 Å². The highest BCUT2D eigenvalue weighted by Crippen LogP contribution is 2.29. The average Bonchev–Trinajstić information content (AvgIpc) is 3.08. The first-order valence-electron chi connectivity index (χ1n) is 6.23. The molecule has 0 saturated carbocycles. The Balaban J connectivity index is 2.14. The minimum atomic E-state index is 0.588. The number of fused-ring (bicyclic) bond motifs is 1. The maximum absolute atomic E-state index is 5.53. The van der Waals surface area contributed by atoms with Gasteiger partial charge in [-0.2, -0.15) is 5.10 Å². The summed E-state index contributed by atoms with van der Waals surface area (Å²) in [7, 11) is 0. The van der Waals surface area contributed by atoms with Crippen molar-refractivity contribution in [2.45, 2.75) is 20.3 Å². The molecule has 0 N–H and O–H groups in total. The summed E-state index contributed by atoms with van der Waals surface area (Å²) in [6.45, 7) is 4.54. The molecule has 0 atom stereocenters. The molecular formula is C13H14N4O2. The van der Waals surface area contributed by atoms with Crippen molar-refractivity contribution >= 4 is 11.1 Å². The molecule has 0 fully saturated rings. The Morgan fingerprint density at radius 1 is 1.26 bits per heavy atom. The lowest BCUT2D eigenvalue weighted by atomic mass is 10.2. The van der Waals surface area contributed by atoms with Gasteiger partial charge in [0.25, 0.3) is 0 Å². The SMILES string of the molecule is CCOc1ccc(-n2cnc(CC)n2)c2ocnc12. The zero-order chi connectivity index (χ0) is 13.2. The van der Waals surface area contributed by atoms with Crippen LogP contribution >= 0.6 is 0 Å². The Hall–Kier alpha value is -2.37. The summed E-state index contributed by atoms with van der Waals surface area (Å²) in [6.07, 6.45) is 3.88. The highest BCUT2D eigenvalue weighted by atomic mass is 16.5. The molecule has 19 heavy (non-hydrogen) atoms. The maximum Gasteiger partial charge on any atom is 0.184 e. The highest BCUT2D eigenvalue weighted by molar-refractivity contribution is 5.86. The van der Waals surface area contributed by atoms with Crippen molar-refractivity contribution < 1.29 is 9.15 Å². The average molecular weight is 258 g/mol. The van der Waals surface area contributed by atoms with Crippen molar-refractivity contribution in [3.63, 3.8) is 0 Å². The smallest absolute Gasteiger partial charge is 0.184 e. The van der Waals surface area contributed by atoms with Crippen molar-refractivity contribution in [1.29, 1.82) is 0 Å². The predicted octanol–water partition coefficient (Wildman–Crippen LogP) is 2.37. The first-order valence-corrected chi connectivity index (χ1v) is 6.23. The molecule has 3 aromatic rings. The second-order valence-corrected chi connectivity index (χ2v) is 4.00. The lowest BCUT2D eigenvalue weighted by Crippen LogP contribution is -1.98. The van der Waals surface area contributed by atoms with Crippen LogP contribution in [0.4, 0.5) is 0 Å². The van der Waals surface area contributed by atoms with E-state index in [1.54, 1.807) is 11.0 Å². The van der Waals surface area contributed by atoms with Gasteiger partial charge < -0.3 is 9.15 Å². The molecular weight excluding hydrogens is 244 g/mol. The van der Waals surface area contributed by atoms with Gasteiger partial charge in [-0.25, -0.2) is 14.6 Å². The molecule has 1 aromatic carbocycles. The number of ether oxygens (including phenoxy) is 1. The van der Waals surface area contributed by atoms with Crippen molar-refractivity contribution in [3.8, 4) is 11.4 Å². The summed E-state index contributed by atoms with van der Waals surface area (Å²) in [5.41, 5.74) is 2.16. The zero-order valence-electron chi connectivity index (χ0n) is 10.8. The molecule has 2 aromatic heterocycles. The van der Waals surface area contributed by atoms with Crippen LogP contribution in [0.2, 0.25) is 0 Å². The fourth-order valence-corrected chi connectivity index (χ4v) is 1.94. The molecule has 0 unspecified atom stereocenters. The van der Waals surface area contributed by atoms with Crippen LogP contribution in [0.3, 0.4) is 0 Å². The van der Waals surface area contributed by atoms with E-state index < -0.39 is 0 Å². The van der Waals surface area contributed by atoms with E-state index >= 15 is 0 Å². The van der Waals surface area contributed by atoms with Crippen LogP contribution in [0.15, 0.2) is 29.3 Å². The Labute approximate surface area is 110 Å². The Morgan fingerprint density at radius 3 is 2.89 bits per heavy atom. The number of aryl methyl sites for hydroxylation is 1. The van der Waals surface area contributed by atoms with Gasteiger partial charge in [0.05, 0.1) is 6.61 Å². The molecule has 0 aliphatic rings. The first kappa shape index (κ1) is 11.7. The summed E-state index contributed by atoms with van der Waals surface area (Å²) < 4.78 is 12.7. The van der Waals surface area contributed by atoms with Crippen LogP contribution in [-0.4, -0.2) is 26.4 Å². The topological polar surface area (TPSA) is 66.0 Å². The molecule has 0 aliphatic carbocycles. The number of hydrogen-bond acceptors (Lipinski definition) is 5. The zero-order valence-corrected chi connectivity index (χ0v) is 10.8. The van der Waals surface area contributed by atoms with E-state index in [2.05, 4.69) is 15.1 Å². The number of rotatable bonds is 4. The minimum Gasteiger partial charge on any atom is -0.491 e. The molecule has 0 radical (unpaired) electrons. The fraction of sp³-hybridized carbons (Fsp3) is 0.308. The predicted molar refractivity (Wildman–Crippen MR) is 69.5 cm³/mol. The van der Waals surface area contributed by atoms with Gasteiger partial charge in [-0.3, -0.25) is 0 Å². The molecule has 6 heteroatoms. The van der Waals surface area contributed by atoms with Crippen molar-refractivity contribution in [1.82, 2.24) is 19.7 Å². The molecule has 0 spiro atoms. The summed E-state index contributed by atoms with van der Waals surface area (Å²) in [6, 6.07) is 3.77. The number of aromatic nitrogens is 4. The standard InChI is InChI=1S/C13H14N4O2/c1-3-11-14-7-17(16-11)9-5-6-10(18-4-2)12-13(9)19-8-15-12/h5-8H,3-4H2,1-2H3. The third kappa shape index (κ3) is 1.95. The van der Waals surface area contributed by atoms with Crippen LogP contribution < -0.4 is 4.74 Å². The number of benzene rings is 1. The molecule has 0 bridgehead atoms. The Bertz CT molecular complexity index is 702. The highest BCUT2D eigenvalue weighted by Gasteiger charge is 2.13. The van der Waals surface area contributed by atoms with Gasteiger partial charge in [0.1, 0.15) is 17.8 Å². The number of nitrogens with zero attached hydrogens (tertiary/aromatic N) is 4. The summed E-state index contributed by atoms with van der Waals surface area (Å²) in [5.74, 6) is 1.51. The van der Waals surface area contributed by atoms with E-state index in [9.17, 15) is 0 Å². The van der Waals surface area contributed by atoms with Crippen molar-refractivity contribution in [3.05, 3.63) is 30.7 Å². The number of oxazole rings is 1. The normalized spacial score (nSPS) is 11.1. The van der Waals surface area contributed by atoms with E-state index in [4.69, 9.17) is 9.15 Å². The summed E-state index contributed by atoms with van der Waals surface area (Å²) >= 11 is 0. The molecule has 98 valence electrons. The third-order valence-electron chi connectivity index (χ3n) is 2.83. The van der Waals surface area contributed by atoms with E-state index in [-0.39, 0.29) is 0 Å². The third-order valence-corrected chi connectivity index (χ3v) is 2.83. The molecule has 0 amide bonds. The van der Waals surface area contributed by atoms with Crippen LogP contribution in [-0.2, 0) is 6.42 Å². The lowest BCUT2D eigenvalue weighted by Gasteiger charge is -2.06. The van der Waals surface area contributed by atoms with Gasteiger partial charge in [-0.15, -0.1) is 0 Å². The Kier molecular flexibility index (Phi) is 2.91. The van der Waals surface area contributed by atoms with E-state index in [1.165, 1.54) is 6.39 Å². The van der Waals surface area contributed by atoms with E-state index in [1.807, 2.05) is 26.0 Å². The Morgan fingerprint density at radius 2 is 2.16 bits per heavy atom. The fourth-order valence-electron chi connectivity index (χ4n) is 1.94. The van der Waals surface area contributed by atoms with E-state index in [0.717, 1.165) is 17.9 Å². The minimum absolute atomic E-state index is 0.588. The molecule has 3 rings (SSSR count). The molecule has 2 heterocycles. The van der Waals surface area contributed by atoms with E-state index in [0.29, 0.717) is 23.5 Å². The number of hydrogen-bond donors (Lipinski definition) is 0. The van der Waals surface area contributed by atoms with Crippen LogP contribution in [0.5, 0.6) is 5.75 Å². The van der Waals surface area contributed by atoms with Crippen molar-refractivity contribution in [2.75, 3.05) is 6.61 Å². The van der Waals surface area contributed by atoms with Crippen LogP contribution in [0, 0.1) is 0 Å². The largest absolute Gasteiger partial charge is 0.491 e. The molecule has 0 aliphatic heterocycles. The lowest BCUT2D eigenvalue weighted by molar-refractivity contribution is 0.343. The van der Waals surface area contributed by atoms with Gasteiger partial charge in [0, 0.05) is 6.42 Å². The molecule has 0 saturated heterocycles. The first-order chi connectivity index (χ1) is 9.33. The van der Waals surface area contributed by atoms with Gasteiger partial charge in [-0.05, 0) is 19.1 Å². The van der Waals surface area contributed by atoms with Gasteiger partial charge in [0.15, 0.2) is 23.3 Å².